The first-order valence-electron chi connectivity index (χ1n) is 4.35. The number of aliphatic carboxylic acids is 1. The summed E-state index contributed by atoms with van der Waals surface area (Å²) in [7, 11) is 0. The highest BCUT2D eigenvalue weighted by molar-refractivity contribution is 5.73. The summed E-state index contributed by atoms with van der Waals surface area (Å²) in [6.07, 6.45) is -0.224. The summed E-state index contributed by atoms with van der Waals surface area (Å²) in [4.78, 5) is 10.4. The lowest BCUT2D eigenvalue weighted by Gasteiger charge is -2.08. The highest BCUT2D eigenvalue weighted by Crippen LogP contribution is 2.16. The molecule has 3 nitrogen and oxygen atoms in total. The number of halogens is 2. The first kappa shape index (κ1) is 11.6. The molecule has 0 fully saturated rings. The van der Waals surface area contributed by atoms with Gasteiger partial charge in [0.1, 0.15) is 6.04 Å². The van der Waals surface area contributed by atoms with Crippen molar-refractivity contribution in [3.05, 3.63) is 34.9 Å². The normalized spacial score (nSPS) is 12.5. The first-order valence-corrected chi connectivity index (χ1v) is 4.35. The van der Waals surface area contributed by atoms with Crippen LogP contribution in [0.25, 0.3) is 0 Å². The summed E-state index contributed by atoms with van der Waals surface area (Å²) in [6, 6.07) is 1.51. The Hall–Kier alpha value is -1.49. The maximum absolute atomic E-state index is 13.3. The fourth-order valence-corrected chi connectivity index (χ4v) is 1.17. The van der Waals surface area contributed by atoms with Gasteiger partial charge in [0.15, 0.2) is 11.6 Å². The quantitative estimate of drug-likeness (QED) is 0.797. The van der Waals surface area contributed by atoms with E-state index in [0.29, 0.717) is 0 Å². The van der Waals surface area contributed by atoms with Gasteiger partial charge < -0.3 is 10.8 Å². The van der Waals surface area contributed by atoms with Gasteiger partial charge in [0.25, 0.3) is 0 Å². The summed E-state index contributed by atoms with van der Waals surface area (Å²) in [5.41, 5.74) is 5.38. The van der Waals surface area contributed by atoms with Gasteiger partial charge in [0.2, 0.25) is 0 Å². The predicted molar refractivity (Wildman–Crippen MR) is 50.4 cm³/mol. The van der Waals surface area contributed by atoms with Crippen molar-refractivity contribution in [2.75, 3.05) is 0 Å². The minimum absolute atomic E-state index is 0.0204. The van der Waals surface area contributed by atoms with Crippen LogP contribution < -0.4 is 5.73 Å². The number of rotatable bonds is 3. The zero-order valence-electron chi connectivity index (χ0n) is 8.13. The van der Waals surface area contributed by atoms with Gasteiger partial charge in [-0.2, -0.15) is 0 Å². The van der Waals surface area contributed by atoms with E-state index in [1.54, 1.807) is 0 Å². The van der Waals surface area contributed by atoms with Crippen LogP contribution in [0.2, 0.25) is 0 Å². The van der Waals surface area contributed by atoms with Crippen LogP contribution in [0.1, 0.15) is 11.1 Å². The fourth-order valence-electron chi connectivity index (χ4n) is 1.17. The van der Waals surface area contributed by atoms with E-state index in [2.05, 4.69) is 0 Å². The summed E-state index contributed by atoms with van der Waals surface area (Å²) in [5, 5.41) is 8.52. The third kappa shape index (κ3) is 2.50. The molecule has 1 aromatic carbocycles. The molecule has 1 atom stereocenters. The minimum Gasteiger partial charge on any atom is -0.480 e. The van der Waals surface area contributed by atoms with Gasteiger partial charge in [-0.15, -0.1) is 0 Å². The van der Waals surface area contributed by atoms with Gasteiger partial charge >= 0.3 is 5.97 Å². The molecule has 0 aliphatic heterocycles. The first-order chi connectivity index (χ1) is 6.93. The van der Waals surface area contributed by atoms with Crippen LogP contribution in [0.15, 0.2) is 12.1 Å². The summed E-state index contributed by atoms with van der Waals surface area (Å²) in [6.45, 7) is 1.43. The molecule has 3 N–H and O–H groups in total. The Kier molecular flexibility index (Phi) is 3.36. The van der Waals surface area contributed by atoms with Gasteiger partial charge in [-0.1, -0.05) is 12.1 Å². The van der Waals surface area contributed by atoms with E-state index in [4.69, 9.17) is 10.8 Å². The minimum atomic E-state index is -1.24. The molecule has 0 spiro atoms. The zero-order valence-corrected chi connectivity index (χ0v) is 8.13. The van der Waals surface area contributed by atoms with Gasteiger partial charge in [-0.3, -0.25) is 4.79 Å². The molecule has 0 bridgehead atoms. The van der Waals surface area contributed by atoms with E-state index in [1.807, 2.05) is 0 Å². The van der Waals surface area contributed by atoms with Gasteiger partial charge in [-0.05, 0) is 18.1 Å². The fraction of sp³-hybridized carbons (Fsp3) is 0.300. The molecule has 15 heavy (non-hydrogen) atoms. The lowest BCUT2D eigenvalue weighted by atomic mass is 10.0. The Morgan fingerprint density at radius 2 is 2.07 bits per heavy atom. The molecule has 0 saturated heterocycles. The SMILES string of the molecule is Cc1ccc(C[C@@H](N)C(=O)O)c(F)c1F. The van der Waals surface area contributed by atoms with Crippen molar-refractivity contribution in [1.82, 2.24) is 0 Å². The van der Waals surface area contributed by atoms with Crippen LogP contribution in [0.3, 0.4) is 0 Å². The maximum Gasteiger partial charge on any atom is 0.320 e. The number of benzene rings is 1. The summed E-state index contributed by atoms with van der Waals surface area (Å²) in [5.74, 6) is -3.22. The van der Waals surface area contributed by atoms with Crippen molar-refractivity contribution in [2.24, 2.45) is 5.73 Å². The maximum atomic E-state index is 13.3. The van der Waals surface area contributed by atoms with Gasteiger partial charge in [0, 0.05) is 6.42 Å². The van der Waals surface area contributed by atoms with E-state index in [-0.39, 0.29) is 17.5 Å². The van der Waals surface area contributed by atoms with Gasteiger partial charge in [0.05, 0.1) is 0 Å². The van der Waals surface area contributed by atoms with E-state index in [9.17, 15) is 13.6 Å². The second-order valence-electron chi connectivity index (χ2n) is 3.32. The molecule has 0 heterocycles. The third-order valence-electron chi connectivity index (χ3n) is 2.11. The molecule has 0 aromatic heterocycles. The number of aryl methyl sites for hydroxylation is 1. The Morgan fingerprint density at radius 3 is 2.60 bits per heavy atom. The second-order valence-corrected chi connectivity index (χ2v) is 3.32. The molecule has 1 rings (SSSR count). The molecular weight excluding hydrogens is 204 g/mol. The van der Waals surface area contributed by atoms with E-state index in [0.717, 1.165) is 0 Å². The van der Waals surface area contributed by atoms with Crippen molar-refractivity contribution in [3.63, 3.8) is 0 Å². The number of nitrogens with two attached hydrogens (primary N) is 1. The third-order valence-corrected chi connectivity index (χ3v) is 2.11. The van der Waals surface area contributed by atoms with Crippen molar-refractivity contribution in [1.29, 1.82) is 0 Å². The molecule has 0 unspecified atom stereocenters. The number of carboxylic acid groups (broad SMARTS) is 1. The smallest absolute Gasteiger partial charge is 0.320 e. The number of hydrogen-bond donors (Lipinski definition) is 2. The Labute approximate surface area is 85.5 Å². The average molecular weight is 215 g/mol. The van der Waals surface area contributed by atoms with Crippen LogP contribution in [-0.2, 0) is 11.2 Å². The van der Waals surface area contributed by atoms with Crippen molar-refractivity contribution in [2.45, 2.75) is 19.4 Å². The van der Waals surface area contributed by atoms with E-state index in [1.165, 1.54) is 19.1 Å². The molecule has 0 amide bonds. The molecule has 82 valence electrons. The van der Waals surface area contributed by atoms with Crippen LogP contribution in [-0.4, -0.2) is 17.1 Å². The molecule has 0 saturated carbocycles. The molecule has 0 aliphatic rings. The lowest BCUT2D eigenvalue weighted by Crippen LogP contribution is -2.32. The van der Waals surface area contributed by atoms with Crippen molar-refractivity contribution in [3.8, 4) is 0 Å². The standard InChI is InChI=1S/C10H11F2NO2/c1-5-2-3-6(9(12)8(5)11)4-7(13)10(14)15/h2-3,7H,4,13H2,1H3,(H,14,15)/t7-/m1/s1. The Bertz CT molecular complexity index is 393. The summed E-state index contributed by atoms with van der Waals surface area (Å²) >= 11 is 0. The van der Waals surface area contributed by atoms with Gasteiger partial charge in [-0.25, -0.2) is 8.78 Å². The predicted octanol–water partition coefficient (Wildman–Crippen LogP) is 1.23. The second kappa shape index (κ2) is 4.35. The highest BCUT2D eigenvalue weighted by Gasteiger charge is 2.17. The van der Waals surface area contributed by atoms with Crippen LogP contribution in [0.5, 0.6) is 0 Å². The number of hydrogen-bond acceptors (Lipinski definition) is 2. The highest BCUT2D eigenvalue weighted by atomic mass is 19.2. The molecule has 5 heteroatoms. The van der Waals surface area contributed by atoms with E-state index < -0.39 is 23.6 Å². The topological polar surface area (TPSA) is 63.3 Å². The monoisotopic (exact) mass is 215 g/mol. The van der Waals surface area contributed by atoms with Crippen molar-refractivity contribution >= 4 is 5.97 Å². The average Bonchev–Trinajstić information content (AvgIpc) is 2.18. The van der Waals surface area contributed by atoms with Crippen LogP contribution >= 0.6 is 0 Å². The lowest BCUT2D eigenvalue weighted by molar-refractivity contribution is -0.138. The Morgan fingerprint density at radius 1 is 1.47 bits per heavy atom. The zero-order chi connectivity index (χ0) is 11.6. The summed E-state index contributed by atoms with van der Waals surface area (Å²) < 4.78 is 26.3. The van der Waals surface area contributed by atoms with Crippen LogP contribution in [0, 0.1) is 18.6 Å². The molecule has 0 radical (unpaired) electrons. The Balaban J connectivity index is 2.97. The van der Waals surface area contributed by atoms with Crippen molar-refractivity contribution < 1.29 is 18.7 Å². The largest absolute Gasteiger partial charge is 0.480 e. The molecular formula is C10H11F2NO2. The number of carboxylic acids is 1. The molecule has 0 aliphatic carbocycles. The number of carbonyl (C=O) groups is 1. The molecule has 1 aromatic rings. The van der Waals surface area contributed by atoms with Crippen LogP contribution in [0.4, 0.5) is 8.78 Å². The van der Waals surface area contributed by atoms with E-state index >= 15 is 0 Å².